The smallest absolute Gasteiger partial charge is 0.336 e. The summed E-state index contributed by atoms with van der Waals surface area (Å²) in [5.74, 6) is 0.0980. The minimum Gasteiger partial charge on any atom is -0.493 e. The van der Waals surface area contributed by atoms with Crippen molar-refractivity contribution in [3.63, 3.8) is 0 Å². The molecule has 0 saturated heterocycles. The lowest BCUT2D eigenvalue weighted by Gasteiger charge is -2.39. The second kappa shape index (κ2) is 7.86. The Morgan fingerprint density at radius 3 is 2.45 bits per heavy atom. The number of carbonyl (C=O) groups excluding carboxylic acids is 2. The minimum atomic E-state index is -0.543. The van der Waals surface area contributed by atoms with Gasteiger partial charge < -0.3 is 19.5 Å². The molecule has 0 saturated carbocycles. The van der Waals surface area contributed by atoms with Crippen molar-refractivity contribution in [3.05, 3.63) is 44.7 Å². The molecule has 1 aliphatic carbocycles. The molecule has 1 atom stereocenters. The number of dihydropyridines is 1. The maximum atomic E-state index is 13.2. The van der Waals surface area contributed by atoms with Gasteiger partial charge in [0.05, 0.1) is 31.4 Å². The fraction of sp³-hybridized carbons (Fsp3) is 0.455. The van der Waals surface area contributed by atoms with Gasteiger partial charge in [0.2, 0.25) is 0 Å². The van der Waals surface area contributed by atoms with E-state index in [1.54, 1.807) is 14.2 Å². The third kappa shape index (κ3) is 3.80. The third-order valence-corrected chi connectivity index (χ3v) is 6.02. The van der Waals surface area contributed by atoms with Crippen molar-refractivity contribution in [1.82, 2.24) is 5.32 Å². The summed E-state index contributed by atoms with van der Waals surface area (Å²) in [5.41, 5.74) is 3.22. The van der Waals surface area contributed by atoms with Crippen LogP contribution in [0.3, 0.4) is 0 Å². The summed E-state index contributed by atoms with van der Waals surface area (Å²) in [4.78, 5) is 25.9. The van der Waals surface area contributed by atoms with Crippen molar-refractivity contribution in [2.24, 2.45) is 5.41 Å². The van der Waals surface area contributed by atoms with Gasteiger partial charge in [-0.15, -0.1) is 0 Å². The number of halogens is 1. The molecular weight excluding hydrogens is 438 g/mol. The van der Waals surface area contributed by atoms with Crippen molar-refractivity contribution >= 4 is 27.7 Å². The van der Waals surface area contributed by atoms with Crippen LogP contribution in [0.4, 0.5) is 0 Å². The monoisotopic (exact) mass is 463 g/mol. The molecule has 1 aliphatic heterocycles. The highest BCUT2D eigenvalue weighted by molar-refractivity contribution is 9.10. The van der Waals surface area contributed by atoms with Gasteiger partial charge in [-0.2, -0.15) is 0 Å². The second-order valence-corrected chi connectivity index (χ2v) is 9.01. The molecule has 2 aliphatic rings. The van der Waals surface area contributed by atoms with Crippen LogP contribution in [-0.2, 0) is 14.3 Å². The van der Waals surface area contributed by atoms with Crippen LogP contribution in [0.2, 0.25) is 0 Å². The predicted molar refractivity (Wildman–Crippen MR) is 113 cm³/mol. The first-order chi connectivity index (χ1) is 13.6. The van der Waals surface area contributed by atoms with Crippen LogP contribution in [0, 0.1) is 5.41 Å². The van der Waals surface area contributed by atoms with Crippen molar-refractivity contribution in [2.45, 2.75) is 39.5 Å². The van der Waals surface area contributed by atoms with Gasteiger partial charge in [-0.25, -0.2) is 4.79 Å². The molecule has 3 rings (SSSR count). The second-order valence-electron chi connectivity index (χ2n) is 8.16. The van der Waals surface area contributed by atoms with E-state index in [2.05, 4.69) is 35.1 Å². The Kier molecular flexibility index (Phi) is 5.81. The van der Waals surface area contributed by atoms with E-state index >= 15 is 0 Å². The van der Waals surface area contributed by atoms with Crippen LogP contribution in [-0.4, -0.2) is 33.1 Å². The third-order valence-electron chi connectivity index (χ3n) is 5.43. The summed E-state index contributed by atoms with van der Waals surface area (Å²) in [6, 6.07) is 3.68. The first-order valence-electron chi connectivity index (χ1n) is 9.37. The van der Waals surface area contributed by atoms with Gasteiger partial charge in [0.15, 0.2) is 17.3 Å². The van der Waals surface area contributed by atoms with E-state index in [4.69, 9.17) is 14.2 Å². The normalized spacial score (nSPS) is 20.8. The average Bonchev–Trinajstić information content (AvgIpc) is 2.64. The molecule has 0 bridgehead atoms. The molecule has 6 nitrogen and oxygen atoms in total. The molecule has 0 unspecified atom stereocenters. The van der Waals surface area contributed by atoms with Gasteiger partial charge in [0, 0.05) is 29.3 Å². The molecule has 0 radical (unpaired) electrons. The number of Topliss-reactive ketones (excluding diaryl/α,β-unsaturated/α-hetero) is 1. The number of methoxy groups -OCH3 is 3. The summed E-state index contributed by atoms with van der Waals surface area (Å²) >= 11 is 3.52. The number of rotatable bonds is 4. The lowest BCUT2D eigenvalue weighted by molar-refractivity contribution is -0.136. The summed E-state index contributed by atoms with van der Waals surface area (Å²) < 4.78 is 16.6. The zero-order valence-electron chi connectivity index (χ0n) is 17.6. The molecule has 1 aromatic rings. The van der Waals surface area contributed by atoms with E-state index < -0.39 is 11.9 Å². The number of ether oxygens (including phenoxy) is 3. The summed E-state index contributed by atoms with van der Waals surface area (Å²) in [6.07, 6.45) is 1.15. The van der Waals surface area contributed by atoms with Gasteiger partial charge in [-0.05, 0) is 52.4 Å². The lowest BCUT2D eigenvalue weighted by Crippen LogP contribution is -2.38. The van der Waals surface area contributed by atoms with E-state index in [1.807, 2.05) is 19.1 Å². The Morgan fingerprint density at radius 1 is 1.17 bits per heavy atom. The first-order valence-corrected chi connectivity index (χ1v) is 10.2. The number of allylic oxidation sites excluding steroid dienone is 3. The van der Waals surface area contributed by atoms with Gasteiger partial charge in [0.25, 0.3) is 0 Å². The van der Waals surface area contributed by atoms with Crippen LogP contribution in [0.25, 0.3) is 0 Å². The SMILES string of the molecule is COC(=O)C1=C(C)NC2=C(C(=O)CC(C)(C)C2)[C@@H]1c1cc(Br)c(OC)c(OC)c1. The van der Waals surface area contributed by atoms with E-state index in [1.165, 1.54) is 7.11 Å². The molecule has 7 heteroatoms. The molecule has 0 aromatic heterocycles. The number of hydrogen-bond donors (Lipinski definition) is 1. The standard InChI is InChI=1S/C22H26BrNO5/c1-11-17(21(26)29-6)18(12-7-13(23)20(28-5)16(8-12)27-4)19-14(24-11)9-22(2,3)10-15(19)25/h7-8,18,24H,9-10H2,1-6H3/t18-/m1/s1. The number of benzene rings is 1. The van der Waals surface area contributed by atoms with E-state index in [9.17, 15) is 9.59 Å². The lowest BCUT2D eigenvalue weighted by atomic mass is 9.68. The minimum absolute atomic E-state index is 0.0357. The Morgan fingerprint density at radius 2 is 1.86 bits per heavy atom. The Bertz CT molecular complexity index is 945. The van der Waals surface area contributed by atoms with Crippen LogP contribution < -0.4 is 14.8 Å². The molecule has 1 heterocycles. The predicted octanol–water partition coefficient (Wildman–Crippen LogP) is 4.24. The molecule has 29 heavy (non-hydrogen) atoms. The highest BCUT2D eigenvalue weighted by Crippen LogP contribution is 2.49. The van der Waals surface area contributed by atoms with Crippen molar-refractivity contribution < 1.29 is 23.8 Å². The number of hydrogen-bond acceptors (Lipinski definition) is 6. The van der Waals surface area contributed by atoms with E-state index in [0.717, 1.165) is 17.7 Å². The number of ketones is 1. The van der Waals surface area contributed by atoms with Crippen molar-refractivity contribution in [1.29, 1.82) is 0 Å². The van der Waals surface area contributed by atoms with Crippen molar-refractivity contribution in [2.75, 3.05) is 21.3 Å². The zero-order chi connectivity index (χ0) is 21.5. The zero-order valence-corrected chi connectivity index (χ0v) is 19.2. The van der Waals surface area contributed by atoms with Gasteiger partial charge in [-0.1, -0.05) is 13.8 Å². The maximum absolute atomic E-state index is 13.2. The Labute approximate surface area is 179 Å². The van der Waals surface area contributed by atoms with Crippen LogP contribution in [0.5, 0.6) is 11.5 Å². The topological polar surface area (TPSA) is 73.9 Å². The fourth-order valence-corrected chi connectivity index (χ4v) is 4.88. The molecule has 0 amide bonds. The quantitative estimate of drug-likeness (QED) is 0.672. The van der Waals surface area contributed by atoms with Crippen LogP contribution in [0.15, 0.2) is 39.1 Å². The highest BCUT2D eigenvalue weighted by atomic mass is 79.9. The number of nitrogens with one attached hydrogen (secondary N) is 1. The molecule has 0 fully saturated rings. The van der Waals surface area contributed by atoms with Gasteiger partial charge in [0.1, 0.15) is 0 Å². The number of esters is 1. The molecule has 1 N–H and O–H groups in total. The Balaban J connectivity index is 2.27. The van der Waals surface area contributed by atoms with Crippen molar-refractivity contribution in [3.8, 4) is 11.5 Å². The molecule has 156 valence electrons. The summed E-state index contributed by atoms with van der Waals surface area (Å²) in [7, 11) is 4.46. The fourth-order valence-electron chi connectivity index (χ4n) is 4.25. The molecule has 1 aromatic carbocycles. The maximum Gasteiger partial charge on any atom is 0.336 e. The summed E-state index contributed by atoms with van der Waals surface area (Å²) in [6.45, 7) is 5.99. The highest BCUT2D eigenvalue weighted by Gasteiger charge is 2.43. The first kappa shape index (κ1) is 21.4. The van der Waals surface area contributed by atoms with Gasteiger partial charge in [-0.3, -0.25) is 4.79 Å². The van der Waals surface area contributed by atoms with Crippen LogP contribution in [0.1, 0.15) is 45.1 Å². The van der Waals surface area contributed by atoms with E-state index in [-0.39, 0.29) is 11.2 Å². The molecule has 0 spiro atoms. The Hall–Kier alpha value is -2.28. The van der Waals surface area contributed by atoms with Crippen LogP contribution >= 0.6 is 15.9 Å². The van der Waals surface area contributed by atoms with Gasteiger partial charge >= 0.3 is 5.97 Å². The summed E-state index contributed by atoms with van der Waals surface area (Å²) in [5, 5.41) is 3.31. The molecular formula is C22H26BrNO5. The average molecular weight is 464 g/mol. The largest absolute Gasteiger partial charge is 0.493 e. The van der Waals surface area contributed by atoms with E-state index in [0.29, 0.717) is 39.2 Å². The number of carbonyl (C=O) groups is 2.